The molecule has 1 aromatic rings. The van der Waals surface area contributed by atoms with Crippen LogP contribution in [0.4, 0.5) is 5.69 Å². The van der Waals surface area contributed by atoms with Crippen molar-refractivity contribution in [2.24, 2.45) is 17.7 Å². The van der Waals surface area contributed by atoms with Crippen molar-refractivity contribution in [1.29, 1.82) is 0 Å². The number of carbonyl (C=O) groups is 1. The number of nitrogen functional groups attached to an aromatic ring is 1. The Labute approximate surface area is 107 Å². The average Bonchev–Trinajstić information content (AvgIpc) is 2.68. The normalized spacial score (nSPS) is 23.2. The van der Waals surface area contributed by atoms with Crippen LogP contribution in [0.5, 0.6) is 0 Å². The molecule has 18 heavy (non-hydrogen) atoms. The van der Waals surface area contributed by atoms with Gasteiger partial charge in [0, 0.05) is 25.0 Å². The summed E-state index contributed by atoms with van der Waals surface area (Å²) in [7, 11) is 0. The van der Waals surface area contributed by atoms with Gasteiger partial charge < -0.3 is 10.3 Å². The van der Waals surface area contributed by atoms with E-state index in [1.54, 1.807) is 12.3 Å². The van der Waals surface area contributed by atoms with E-state index < -0.39 is 0 Å². The second-order valence-corrected chi connectivity index (χ2v) is 5.18. The highest BCUT2D eigenvalue weighted by molar-refractivity contribution is 5.99. The molecule has 98 valence electrons. The fourth-order valence-corrected chi connectivity index (χ4v) is 2.32. The molecule has 1 fully saturated rings. The number of nitrogens with one attached hydrogen (secondary N) is 1. The molecule has 5 heteroatoms. The summed E-state index contributed by atoms with van der Waals surface area (Å²) in [5.74, 6) is 6.55. The topological polar surface area (TPSA) is 71.2 Å². The van der Waals surface area contributed by atoms with Crippen LogP contribution in [0.15, 0.2) is 12.3 Å². The summed E-state index contributed by atoms with van der Waals surface area (Å²) in [4.78, 5) is 18.5. The Morgan fingerprint density at radius 2 is 2.06 bits per heavy atom. The number of nitrogens with zero attached hydrogens (tertiary/aromatic N) is 2. The molecule has 1 saturated heterocycles. The number of pyridine rings is 1. The lowest BCUT2D eigenvalue weighted by molar-refractivity contribution is 0.0785. The first-order valence-electron chi connectivity index (χ1n) is 6.25. The number of carbonyl (C=O) groups excluding carboxylic acids is 1. The van der Waals surface area contributed by atoms with Gasteiger partial charge in [-0.25, -0.2) is 0 Å². The molecule has 1 aliphatic heterocycles. The second kappa shape index (κ2) is 4.94. The molecule has 0 bridgehead atoms. The number of anilines is 1. The molecule has 0 radical (unpaired) electrons. The molecule has 1 amide bonds. The first-order valence-corrected chi connectivity index (χ1v) is 6.25. The maximum atomic E-state index is 12.4. The van der Waals surface area contributed by atoms with Crippen LogP contribution in [0.3, 0.4) is 0 Å². The summed E-state index contributed by atoms with van der Waals surface area (Å²) in [5.41, 5.74) is 4.60. The average molecular weight is 248 g/mol. The summed E-state index contributed by atoms with van der Waals surface area (Å²) in [5, 5.41) is 0. The Morgan fingerprint density at radius 1 is 1.44 bits per heavy atom. The van der Waals surface area contributed by atoms with Gasteiger partial charge in [-0.2, -0.15) is 0 Å². The minimum Gasteiger partial charge on any atom is -0.338 e. The van der Waals surface area contributed by atoms with Crippen molar-refractivity contribution in [3.8, 4) is 0 Å². The standard InChI is InChI=1S/C13H20N4O/c1-8-6-17(7-9(8)2)13(18)11-5-15-10(3)4-12(11)16-14/h4-5,8-9H,6-7,14H2,1-3H3,(H,15,16). The SMILES string of the molecule is Cc1cc(NN)c(C(=O)N2CC(C)C(C)C2)cn1. The summed E-state index contributed by atoms with van der Waals surface area (Å²) in [6, 6.07) is 1.79. The number of nitrogens with two attached hydrogens (primary N) is 1. The monoisotopic (exact) mass is 248 g/mol. The largest absolute Gasteiger partial charge is 0.338 e. The highest BCUT2D eigenvalue weighted by Gasteiger charge is 2.30. The van der Waals surface area contributed by atoms with Gasteiger partial charge in [-0.1, -0.05) is 13.8 Å². The lowest BCUT2D eigenvalue weighted by Gasteiger charge is -2.18. The third-order valence-corrected chi connectivity index (χ3v) is 3.70. The molecule has 2 unspecified atom stereocenters. The molecule has 3 N–H and O–H groups in total. The number of hydrogen-bond acceptors (Lipinski definition) is 4. The van der Waals surface area contributed by atoms with Crippen molar-refractivity contribution in [3.63, 3.8) is 0 Å². The van der Waals surface area contributed by atoms with E-state index in [1.807, 2.05) is 11.8 Å². The van der Waals surface area contributed by atoms with Crippen molar-refractivity contribution in [1.82, 2.24) is 9.88 Å². The number of hydrogen-bond donors (Lipinski definition) is 2. The van der Waals surface area contributed by atoms with Gasteiger partial charge >= 0.3 is 0 Å². The highest BCUT2D eigenvalue weighted by atomic mass is 16.2. The molecule has 0 aliphatic carbocycles. The number of aryl methyl sites for hydroxylation is 1. The first-order chi connectivity index (χ1) is 8.52. The van der Waals surface area contributed by atoms with Gasteiger partial charge in [0.2, 0.25) is 0 Å². The van der Waals surface area contributed by atoms with Gasteiger partial charge in [-0.3, -0.25) is 15.6 Å². The number of aromatic nitrogens is 1. The van der Waals surface area contributed by atoms with Crippen molar-refractivity contribution >= 4 is 11.6 Å². The zero-order chi connectivity index (χ0) is 13.3. The molecule has 2 heterocycles. The molecule has 2 rings (SSSR count). The van der Waals surface area contributed by atoms with Crippen molar-refractivity contribution in [2.45, 2.75) is 20.8 Å². The lowest BCUT2D eigenvalue weighted by atomic mass is 10.0. The van der Waals surface area contributed by atoms with Gasteiger partial charge in [0.1, 0.15) is 0 Å². The van der Waals surface area contributed by atoms with Crippen LogP contribution in [-0.2, 0) is 0 Å². The van der Waals surface area contributed by atoms with Gasteiger partial charge in [-0.05, 0) is 24.8 Å². The van der Waals surface area contributed by atoms with E-state index in [0.29, 0.717) is 23.1 Å². The van der Waals surface area contributed by atoms with Crippen LogP contribution in [0.25, 0.3) is 0 Å². The maximum Gasteiger partial charge on any atom is 0.257 e. The third kappa shape index (κ3) is 2.31. The van der Waals surface area contributed by atoms with E-state index in [2.05, 4.69) is 24.3 Å². The highest BCUT2D eigenvalue weighted by Crippen LogP contribution is 2.25. The summed E-state index contributed by atoms with van der Waals surface area (Å²) in [6.07, 6.45) is 1.60. The van der Waals surface area contributed by atoms with E-state index in [9.17, 15) is 4.79 Å². The van der Waals surface area contributed by atoms with E-state index in [1.165, 1.54) is 0 Å². The fourth-order valence-electron chi connectivity index (χ4n) is 2.32. The first kappa shape index (κ1) is 12.8. The maximum absolute atomic E-state index is 12.4. The van der Waals surface area contributed by atoms with E-state index in [4.69, 9.17) is 5.84 Å². The Hall–Kier alpha value is -1.62. The fraction of sp³-hybridized carbons (Fsp3) is 0.538. The van der Waals surface area contributed by atoms with E-state index >= 15 is 0 Å². The predicted octanol–water partition coefficient (Wildman–Crippen LogP) is 1.40. The van der Waals surface area contributed by atoms with Crippen LogP contribution in [0.2, 0.25) is 0 Å². The van der Waals surface area contributed by atoms with Crippen molar-refractivity contribution in [3.05, 3.63) is 23.5 Å². The number of likely N-dealkylation sites (tertiary alicyclic amines) is 1. The molecule has 1 aliphatic rings. The molecular weight excluding hydrogens is 228 g/mol. The molecule has 1 aromatic heterocycles. The molecule has 0 saturated carbocycles. The zero-order valence-electron chi connectivity index (χ0n) is 11.1. The van der Waals surface area contributed by atoms with Crippen LogP contribution in [-0.4, -0.2) is 28.9 Å². The molecule has 0 spiro atoms. The van der Waals surface area contributed by atoms with Crippen LogP contribution >= 0.6 is 0 Å². The Balaban J connectivity index is 2.24. The number of hydrazine groups is 1. The van der Waals surface area contributed by atoms with Crippen LogP contribution < -0.4 is 11.3 Å². The smallest absolute Gasteiger partial charge is 0.257 e. The lowest BCUT2D eigenvalue weighted by Crippen LogP contribution is -2.30. The van der Waals surface area contributed by atoms with Gasteiger partial charge in [0.05, 0.1) is 11.3 Å². The third-order valence-electron chi connectivity index (χ3n) is 3.70. The van der Waals surface area contributed by atoms with E-state index in [0.717, 1.165) is 18.8 Å². The second-order valence-electron chi connectivity index (χ2n) is 5.18. The minimum atomic E-state index is 0.00616. The number of amides is 1. The van der Waals surface area contributed by atoms with Gasteiger partial charge in [0.25, 0.3) is 5.91 Å². The van der Waals surface area contributed by atoms with Gasteiger partial charge in [0.15, 0.2) is 0 Å². The zero-order valence-corrected chi connectivity index (χ0v) is 11.1. The number of rotatable bonds is 2. The molecule has 5 nitrogen and oxygen atoms in total. The van der Waals surface area contributed by atoms with Gasteiger partial charge in [-0.15, -0.1) is 0 Å². The van der Waals surface area contributed by atoms with Crippen molar-refractivity contribution in [2.75, 3.05) is 18.5 Å². The van der Waals surface area contributed by atoms with Crippen LogP contribution in [0.1, 0.15) is 29.9 Å². The van der Waals surface area contributed by atoms with Crippen molar-refractivity contribution < 1.29 is 4.79 Å². The minimum absolute atomic E-state index is 0.00616. The molecular formula is C13H20N4O. The Kier molecular flexibility index (Phi) is 3.52. The quantitative estimate of drug-likeness (QED) is 0.613. The molecule has 2 atom stereocenters. The van der Waals surface area contributed by atoms with Crippen LogP contribution in [0, 0.1) is 18.8 Å². The molecule has 0 aromatic carbocycles. The summed E-state index contributed by atoms with van der Waals surface area (Å²) in [6.45, 7) is 7.83. The predicted molar refractivity (Wildman–Crippen MR) is 71.0 cm³/mol. The van der Waals surface area contributed by atoms with E-state index in [-0.39, 0.29) is 5.91 Å². The Morgan fingerprint density at radius 3 is 2.61 bits per heavy atom. The Bertz CT molecular complexity index is 450. The summed E-state index contributed by atoms with van der Waals surface area (Å²) >= 11 is 0. The summed E-state index contributed by atoms with van der Waals surface area (Å²) < 4.78 is 0.